The van der Waals surface area contributed by atoms with Crippen molar-refractivity contribution in [2.75, 3.05) is 6.54 Å². The van der Waals surface area contributed by atoms with Crippen molar-refractivity contribution >= 4 is 0 Å². The van der Waals surface area contributed by atoms with Crippen LogP contribution in [0.1, 0.15) is 78.6 Å². The number of piperidine rings is 1. The van der Waals surface area contributed by atoms with E-state index in [0.717, 1.165) is 6.54 Å². The van der Waals surface area contributed by atoms with Gasteiger partial charge in [-0.1, -0.05) is 45.4 Å². The minimum Gasteiger partial charge on any atom is -0.329 e. The number of unbranched alkanes of at least 4 members (excludes halogenated alkanes) is 4. The van der Waals surface area contributed by atoms with E-state index in [4.69, 9.17) is 5.73 Å². The molecule has 0 aromatic carbocycles. The number of hydrogen-bond donors (Lipinski definition) is 2. The zero-order chi connectivity index (χ0) is 14.1. The lowest BCUT2D eigenvalue weighted by atomic mass is 9.99. The average molecular weight is 269 g/mol. The molecule has 1 aliphatic heterocycles. The predicted octanol–water partition coefficient (Wildman–Crippen LogP) is 3.44. The standard InChI is InChI=1S/C16H35N3/c1-4-5-6-7-8-12-16(13-17)18-19-14(2)10-9-11-15(19)3/h14-16,18H,4-13,17H2,1-3H3. The molecule has 3 heteroatoms. The lowest BCUT2D eigenvalue weighted by molar-refractivity contribution is 0.0289. The van der Waals surface area contributed by atoms with E-state index in [-0.39, 0.29) is 0 Å². The molecule has 19 heavy (non-hydrogen) atoms. The zero-order valence-corrected chi connectivity index (χ0v) is 13.3. The van der Waals surface area contributed by atoms with Crippen LogP contribution in [0.5, 0.6) is 0 Å². The summed E-state index contributed by atoms with van der Waals surface area (Å²) in [5, 5.41) is 2.47. The van der Waals surface area contributed by atoms with Crippen LogP contribution in [0.4, 0.5) is 0 Å². The highest BCUT2D eigenvalue weighted by atomic mass is 15.5. The van der Waals surface area contributed by atoms with Gasteiger partial charge in [0.15, 0.2) is 0 Å². The number of rotatable bonds is 9. The van der Waals surface area contributed by atoms with Gasteiger partial charge in [0.25, 0.3) is 0 Å². The summed E-state index contributed by atoms with van der Waals surface area (Å²) < 4.78 is 0. The molecule has 3 nitrogen and oxygen atoms in total. The summed E-state index contributed by atoms with van der Waals surface area (Å²) in [6.45, 7) is 7.68. The molecule has 0 bridgehead atoms. The van der Waals surface area contributed by atoms with Crippen LogP contribution >= 0.6 is 0 Å². The number of hydrazine groups is 1. The highest BCUT2D eigenvalue weighted by Crippen LogP contribution is 2.21. The van der Waals surface area contributed by atoms with Crippen LogP contribution in [-0.2, 0) is 0 Å². The van der Waals surface area contributed by atoms with E-state index < -0.39 is 0 Å². The smallest absolute Gasteiger partial charge is 0.0338 e. The molecule has 0 spiro atoms. The Morgan fingerprint density at radius 3 is 2.32 bits per heavy atom. The fourth-order valence-electron chi connectivity index (χ4n) is 3.12. The first-order valence-corrected chi connectivity index (χ1v) is 8.43. The summed E-state index contributed by atoms with van der Waals surface area (Å²) in [6.07, 6.45) is 12.0. The van der Waals surface area contributed by atoms with Crippen molar-refractivity contribution in [3.63, 3.8) is 0 Å². The molecule has 1 saturated heterocycles. The zero-order valence-electron chi connectivity index (χ0n) is 13.3. The third-order valence-corrected chi connectivity index (χ3v) is 4.47. The van der Waals surface area contributed by atoms with Gasteiger partial charge in [0.05, 0.1) is 0 Å². The first-order valence-electron chi connectivity index (χ1n) is 8.43. The van der Waals surface area contributed by atoms with Crippen LogP contribution in [0, 0.1) is 0 Å². The third kappa shape index (κ3) is 6.24. The maximum atomic E-state index is 5.93. The van der Waals surface area contributed by atoms with Crippen molar-refractivity contribution in [2.45, 2.75) is 96.7 Å². The number of nitrogens with zero attached hydrogens (tertiary/aromatic N) is 1. The normalized spacial score (nSPS) is 26.5. The fourth-order valence-corrected chi connectivity index (χ4v) is 3.12. The van der Waals surface area contributed by atoms with Crippen molar-refractivity contribution in [1.82, 2.24) is 10.4 Å². The van der Waals surface area contributed by atoms with Gasteiger partial charge in [-0.25, -0.2) is 5.01 Å². The van der Waals surface area contributed by atoms with Crippen LogP contribution in [0.15, 0.2) is 0 Å². The van der Waals surface area contributed by atoms with Crippen LogP contribution in [0.25, 0.3) is 0 Å². The second kappa shape index (κ2) is 9.73. The third-order valence-electron chi connectivity index (χ3n) is 4.47. The van der Waals surface area contributed by atoms with Crippen LogP contribution in [-0.4, -0.2) is 29.7 Å². The summed E-state index contributed by atoms with van der Waals surface area (Å²) in [4.78, 5) is 0. The molecule has 0 aliphatic carbocycles. The van der Waals surface area contributed by atoms with Gasteiger partial charge in [-0.15, -0.1) is 0 Å². The topological polar surface area (TPSA) is 41.3 Å². The maximum absolute atomic E-state index is 5.93. The molecule has 0 saturated carbocycles. The number of nitrogens with one attached hydrogen (secondary N) is 1. The van der Waals surface area contributed by atoms with E-state index >= 15 is 0 Å². The van der Waals surface area contributed by atoms with Crippen LogP contribution in [0.3, 0.4) is 0 Å². The van der Waals surface area contributed by atoms with Gasteiger partial charge in [0.2, 0.25) is 0 Å². The van der Waals surface area contributed by atoms with E-state index in [0.29, 0.717) is 18.1 Å². The first-order chi connectivity index (χ1) is 9.19. The van der Waals surface area contributed by atoms with E-state index in [1.54, 1.807) is 0 Å². The van der Waals surface area contributed by atoms with E-state index in [2.05, 4.69) is 31.2 Å². The van der Waals surface area contributed by atoms with Crippen LogP contribution < -0.4 is 11.2 Å². The van der Waals surface area contributed by atoms with Crippen molar-refractivity contribution in [3.8, 4) is 0 Å². The average Bonchev–Trinajstić information content (AvgIpc) is 2.40. The molecule has 0 aromatic rings. The molecule has 3 unspecified atom stereocenters. The van der Waals surface area contributed by atoms with Crippen LogP contribution in [0.2, 0.25) is 0 Å². The fraction of sp³-hybridized carbons (Fsp3) is 1.00. The molecule has 114 valence electrons. The SMILES string of the molecule is CCCCCCCC(CN)NN1C(C)CCCC1C. The van der Waals surface area contributed by atoms with Crippen molar-refractivity contribution in [2.24, 2.45) is 5.73 Å². The van der Waals surface area contributed by atoms with Gasteiger partial charge in [0, 0.05) is 24.7 Å². The van der Waals surface area contributed by atoms with Gasteiger partial charge in [-0.3, -0.25) is 5.43 Å². The molecular formula is C16H35N3. The van der Waals surface area contributed by atoms with Gasteiger partial charge >= 0.3 is 0 Å². The molecule has 0 aromatic heterocycles. The van der Waals surface area contributed by atoms with Gasteiger partial charge in [-0.05, 0) is 33.1 Å². The molecule has 1 rings (SSSR count). The van der Waals surface area contributed by atoms with Crippen molar-refractivity contribution in [3.05, 3.63) is 0 Å². The largest absolute Gasteiger partial charge is 0.329 e. The molecule has 0 radical (unpaired) electrons. The number of nitrogens with two attached hydrogens (primary N) is 1. The lowest BCUT2D eigenvalue weighted by Crippen LogP contribution is -2.57. The first kappa shape index (κ1) is 16.9. The Bertz CT molecular complexity index is 210. The van der Waals surface area contributed by atoms with E-state index in [1.807, 2.05) is 0 Å². The van der Waals surface area contributed by atoms with Crippen molar-refractivity contribution < 1.29 is 0 Å². The Morgan fingerprint density at radius 2 is 1.74 bits per heavy atom. The summed E-state index contributed by atoms with van der Waals surface area (Å²) >= 11 is 0. The minimum atomic E-state index is 0.463. The monoisotopic (exact) mass is 269 g/mol. The Kier molecular flexibility index (Phi) is 8.67. The molecule has 1 fully saturated rings. The van der Waals surface area contributed by atoms with Gasteiger partial charge < -0.3 is 5.73 Å². The number of hydrogen-bond acceptors (Lipinski definition) is 3. The van der Waals surface area contributed by atoms with Gasteiger partial charge in [-0.2, -0.15) is 0 Å². The predicted molar refractivity (Wildman–Crippen MR) is 84.0 cm³/mol. The summed E-state index contributed by atoms with van der Waals surface area (Å²) in [5.74, 6) is 0. The lowest BCUT2D eigenvalue weighted by Gasteiger charge is -2.41. The molecule has 3 N–H and O–H groups in total. The quantitative estimate of drug-likeness (QED) is 0.630. The Morgan fingerprint density at radius 1 is 1.11 bits per heavy atom. The second-order valence-corrected chi connectivity index (χ2v) is 6.30. The molecule has 1 aliphatic rings. The van der Waals surface area contributed by atoms with E-state index in [9.17, 15) is 0 Å². The minimum absolute atomic E-state index is 0.463. The highest BCUT2D eigenvalue weighted by molar-refractivity contribution is 4.79. The Hall–Kier alpha value is -0.120. The molecule has 3 atom stereocenters. The molecular weight excluding hydrogens is 234 g/mol. The van der Waals surface area contributed by atoms with E-state index in [1.165, 1.54) is 57.8 Å². The summed E-state index contributed by atoms with van der Waals surface area (Å²) in [7, 11) is 0. The maximum Gasteiger partial charge on any atom is 0.0338 e. The molecule has 0 amide bonds. The Balaban J connectivity index is 2.26. The summed E-state index contributed by atoms with van der Waals surface area (Å²) in [5.41, 5.74) is 9.64. The highest BCUT2D eigenvalue weighted by Gasteiger charge is 2.26. The summed E-state index contributed by atoms with van der Waals surface area (Å²) in [6, 6.07) is 1.76. The van der Waals surface area contributed by atoms with Crippen molar-refractivity contribution in [1.29, 1.82) is 0 Å². The van der Waals surface area contributed by atoms with Gasteiger partial charge in [0.1, 0.15) is 0 Å². The Labute approximate surface area is 120 Å². The molecule has 1 heterocycles. The second-order valence-electron chi connectivity index (χ2n) is 6.30.